The van der Waals surface area contributed by atoms with Gasteiger partial charge in [0.15, 0.2) is 9.84 Å². The zero-order valence-electron chi connectivity index (χ0n) is 11.1. The summed E-state index contributed by atoms with van der Waals surface area (Å²) in [6, 6.07) is 16.2. The second-order valence-electron chi connectivity index (χ2n) is 4.48. The fourth-order valence-corrected chi connectivity index (χ4v) is 3.23. The maximum absolute atomic E-state index is 11.3. The molecule has 0 aliphatic rings. The SMILES string of the molecule is CS(=O)(=O)c1ccc(SCC(O)c2ccccc2)cc1. The quantitative estimate of drug-likeness (QED) is 0.863. The lowest BCUT2D eigenvalue weighted by atomic mass is 10.1. The molecule has 0 bridgehead atoms. The molecule has 2 rings (SSSR count). The summed E-state index contributed by atoms with van der Waals surface area (Å²) in [5, 5.41) is 10.0. The Morgan fingerprint density at radius 2 is 1.65 bits per heavy atom. The molecule has 0 fully saturated rings. The summed E-state index contributed by atoms with van der Waals surface area (Å²) in [7, 11) is -3.15. The first kappa shape index (κ1) is 15.1. The predicted octanol–water partition coefficient (Wildman–Crippen LogP) is 2.92. The Morgan fingerprint density at radius 1 is 1.05 bits per heavy atom. The van der Waals surface area contributed by atoms with Crippen molar-refractivity contribution in [3.05, 3.63) is 60.2 Å². The van der Waals surface area contributed by atoms with Gasteiger partial charge in [-0.15, -0.1) is 11.8 Å². The third-order valence-corrected chi connectivity index (χ3v) is 5.06. The van der Waals surface area contributed by atoms with Gasteiger partial charge in [-0.25, -0.2) is 8.42 Å². The Labute approximate surface area is 123 Å². The van der Waals surface area contributed by atoms with Crippen molar-refractivity contribution in [3.8, 4) is 0 Å². The zero-order chi connectivity index (χ0) is 14.6. The molecule has 2 aromatic carbocycles. The Balaban J connectivity index is 1.98. The highest BCUT2D eigenvalue weighted by Crippen LogP contribution is 2.25. The maximum Gasteiger partial charge on any atom is 0.175 e. The van der Waals surface area contributed by atoms with Crippen molar-refractivity contribution in [2.75, 3.05) is 12.0 Å². The van der Waals surface area contributed by atoms with Crippen LogP contribution in [0.5, 0.6) is 0 Å². The summed E-state index contributed by atoms with van der Waals surface area (Å²) in [4.78, 5) is 1.25. The lowest BCUT2D eigenvalue weighted by molar-refractivity contribution is 0.204. The van der Waals surface area contributed by atoms with Gasteiger partial charge in [-0.05, 0) is 29.8 Å². The number of benzene rings is 2. The molecule has 1 N–H and O–H groups in total. The maximum atomic E-state index is 11.3. The van der Waals surface area contributed by atoms with E-state index in [1.54, 1.807) is 24.3 Å². The van der Waals surface area contributed by atoms with Gasteiger partial charge in [0.2, 0.25) is 0 Å². The average Bonchev–Trinajstić information content (AvgIpc) is 2.45. The highest BCUT2D eigenvalue weighted by Gasteiger charge is 2.09. The zero-order valence-corrected chi connectivity index (χ0v) is 12.7. The minimum absolute atomic E-state index is 0.311. The Morgan fingerprint density at radius 3 is 2.20 bits per heavy atom. The molecule has 0 radical (unpaired) electrons. The molecule has 3 nitrogen and oxygen atoms in total. The summed E-state index contributed by atoms with van der Waals surface area (Å²) in [5.74, 6) is 0.530. The molecule has 0 aromatic heterocycles. The van der Waals surface area contributed by atoms with E-state index in [0.717, 1.165) is 10.5 Å². The van der Waals surface area contributed by atoms with Crippen LogP contribution < -0.4 is 0 Å². The van der Waals surface area contributed by atoms with Crippen molar-refractivity contribution in [2.24, 2.45) is 0 Å². The first-order valence-corrected chi connectivity index (χ1v) is 9.00. The summed E-state index contributed by atoms with van der Waals surface area (Å²) in [6.45, 7) is 0. The van der Waals surface area contributed by atoms with Gasteiger partial charge in [0.25, 0.3) is 0 Å². The summed E-state index contributed by atoms with van der Waals surface area (Å²) in [6.07, 6.45) is 0.657. The molecule has 0 heterocycles. The molecule has 20 heavy (non-hydrogen) atoms. The Hall–Kier alpha value is -1.30. The normalized spacial score (nSPS) is 13.1. The fourth-order valence-electron chi connectivity index (χ4n) is 1.73. The number of rotatable bonds is 5. The van der Waals surface area contributed by atoms with Gasteiger partial charge in [-0.1, -0.05) is 30.3 Å². The van der Waals surface area contributed by atoms with Crippen LogP contribution in [-0.2, 0) is 9.84 Å². The van der Waals surface area contributed by atoms with Crippen LogP contribution >= 0.6 is 11.8 Å². The lowest BCUT2D eigenvalue weighted by Crippen LogP contribution is -2.00. The van der Waals surface area contributed by atoms with E-state index in [1.807, 2.05) is 30.3 Å². The Kier molecular flexibility index (Phi) is 4.86. The van der Waals surface area contributed by atoms with Gasteiger partial charge >= 0.3 is 0 Å². The first-order valence-electron chi connectivity index (χ1n) is 6.13. The molecule has 1 unspecified atom stereocenters. The summed E-state index contributed by atoms with van der Waals surface area (Å²) < 4.78 is 22.7. The number of sulfone groups is 1. The minimum atomic E-state index is -3.15. The third-order valence-electron chi connectivity index (χ3n) is 2.84. The third kappa shape index (κ3) is 4.10. The standard InChI is InChI=1S/C15H16O3S2/c1-20(17,18)14-9-7-13(8-10-14)19-11-15(16)12-5-3-2-4-6-12/h2-10,15-16H,11H2,1H3. The van der Waals surface area contributed by atoms with Crippen molar-refractivity contribution in [1.29, 1.82) is 0 Å². The van der Waals surface area contributed by atoms with Crippen LogP contribution in [0, 0.1) is 0 Å². The van der Waals surface area contributed by atoms with Crippen molar-refractivity contribution >= 4 is 21.6 Å². The molecule has 0 spiro atoms. The van der Waals surface area contributed by atoms with Gasteiger partial charge in [0, 0.05) is 16.9 Å². The highest BCUT2D eigenvalue weighted by atomic mass is 32.2. The largest absolute Gasteiger partial charge is 0.388 e. The first-order chi connectivity index (χ1) is 9.47. The summed E-state index contributed by atoms with van der Waals surface area (Å²) in [5.41, 5.74) is 0.882. The van der Waals surface area contributed by atoms with Gasteiger partial charge in [-0.3, -0.25) is 0 Å². The molecule has 106 valence electrons. The van der Waals surface area contributed by atoms with Crippen LogP contribution in [0.15, 0.2) is 64.4 Å². The molecule has 0 aliphatic heterocycles. The molecular formula is C15H16O3S2. The Bertz CT molecular complexity index is 649. The van der Waals surface area contributed by atoms with E-state index in [0.29, 0.717) is 10.6 Å². The van der Waals surface area contributed by atoms with E-state index in [4.69, 9.17) is 0 Å². The minimum Gasteiger partial charge on any atom is -0.388 e. The van der Waals surface area contributed by atoms with Gasteiger partial charge in [-0.2, -0.15) is 0 Å². The molecular weight excluding hydrogens is 292 g/mol. The fraction of sp³-hybridized carbons (Fsp3) is 0.200. The predicted molar refractivity (Wildman–Crippen MR) is 81.7 cm³/mol. The monoisotopic (exact) mass is 308 g/mol. The molecule has 5 heteroatoms. The number of hydrogen-bond donors (Lipinski definition) is 1. The van der Waals surface area contributed by atoms with Gasteiger partial charge in [0.05, 0.1) is 11.0 Å². The second-order valence-corrected chi connectivity index (χ2v) is 7.59. The molecule has 0 saturated carbocycles. The molecule has 0 aliphatic carbocycles. The number of hydrogen-bond acceptors (Lipinski definition) is 4. The van der Waals surface area contributed by atoms with Crippen LogP contribution in [-0.4, -0.2) is 25.5 Å². The lowest BCUT2D eigenvalue weighted by Gasteiger charge is -2.10. The van der Waals surface area contributed by atoms with Crippen molar-refractivity contribution in [3.63, 3.8) is 0 Å². The number of aliphatic hydroxyl groups is 1. The van der Waals surface area contributed by atoms with Crippen LogP contribution in [0.4, 0.5) is 0 Å². The van der Waals surface area contributed by atoms with Crippen LogP contribution in [0.25, 0.3) is 0 Å². The van der Waals surface area contributed by atoms with E-state index >= 15 is 0 Å². The highest BCUT2D eigenvalue weighted by molar-refractivity contribution is 7.99. The molecule has 0 amide bonds. The average molecular weight is 308 g/mol. The molecule has 2 aromatic rings. The van der Waals surface area contributed by atoms with Crippen molar-refractivity contribution in [2.45, 2.75) is 15.9 Å². The van der Waals surface area contributed by atoms with Gasteiger partial charge < -0.3 is 5.11 Å². The topological polar surface area (TPSA) is 54.4 Å². The number of thioether (sulfide) groups is 1. The molecule has 1 atom stereocenters. The number of aliphatic hydroxyl groups excluding tert-OH is 1. The van der Waals surface area contributed by atoms with E-state index in [2.05, 4.69) is 0 Å². The van der Waals surface area contributed by atoms with Crippen LogP contribution in [0.2, 0.25) is 0 Å². The smallest absolute Gasteiger partial charge is 0.175 e. The van der Waals surface area contributed by atoms with E-state index < -0.39 is 15.9 Å². The second kappa shape index (κ2) is 6.43. The van der Waals surface area contributed by atoms with Crippen molar-refractivity contribution in [1.82, 2.24) is 0 Å². The van der Waals surface area contributed by atoms with Crippen LogP contribution in [0.1, 0.15) is 11.7 Å². The van der Waals surface area contributed by atoms with E-state index in [9.17, 15) is 13.5 Å². The van der Waals surface area contributed by atoms with E-state index in [1.165, 1.54) is 18.0 Å². The molecule has 0 saturated heterocycles. The summed E-state index contributed by atoms with van der Waals surface area (Å²) >= 11 is 1.50. The van der Waals surface area contributed by atoms with E-state index in [-0.39, 0.29) is 0 Å². The van der Waals surface area contributed by atoms with Crippen LogP contribution in [0.3, 0.4) is 0 Å². The van der Waals surface area contributed by atoms with Gasteiger partial charge in [0.1, 0.15) is 0 Å². The van der Waals surface area contributed by atoms with Crippen molar-refractivity contribution < 1.29 is 13.5 Å².